The average Bonchev–Trinajstić information content (AvgIpc) is 2.99. The van der Waals surface area contributed by atoms with Crippen LogP contribution in [0.15, 0.2) is 36.4 Å². The molecule has 0 radical (unpaired) electrons. The fraction of sp³-hybridized carbons (Fsp3) is 0.333. The number of hydrogen-bond acceptors (Lipinski definition) is 4. The summed E-state index contributed by atoms with van der Waals surface area (Å²) in [6.07, 6.45) is 2.28. The number of aromatic nitrogens is 2. The lowest BCUT2D eigenvalue weighted by Crippen LogP contribution is -2.16. The minimum absolute atomic E-state index is 0.156. The van der Waals surface area contributed by atoms with Gasteiger partial charge >= 0.3 is 0 Å². The van der Waals surface area contributed by atoms with Crippen LogP contribution in [0, 0.1) is 0 Å². The highest BCUT2D eigenvalue weighted by atomic mass is 35.5. The third kappa shape index (κ3) is 3.26. The van der Waals surface area contributed by atoms with Crippen LogP contribution >= 0.6 is 11.6 Å². The highest BCUT2D eigenvalue weighted by Crippen LogP contribution is 2.22. The van der Waals surface area contributed by atoms with Crippen molar-refractivity contribution in [3.05, 3.63) is 41.6 Å². The van der Waals surface area contributed by atoms with E-state index in [1.54, 1.807) is 6.07 Å². The Labute approximate surface area is 122 Å². The van der Waals surface area contributed by atoms with E-state index in [-0.39, 0.29) is 6.10 Å². The summed E-state index contributed by atoms with van der Waals surface area (Å²) in [6.45, 7) is 1.31. The van der Waals surface area contributed by atoms with E-state index in [1.807, 2.05) is 30.3 Å². The van der Waals surface area contributed by atoms with Gasteiger partial charge in [0.1, 0.15) is 11.8 Å². The molecule has 0 spiro atoms. The molecule has 0 N–H and O–H groups in total. The van der Waals surface area contributed by atoms with Crippen LogP contribution in [-0.4, -0.2) is 29.3 Å². The van der Waals surface area contributed by atoms with E-state index in [9.17, 15) is 0 Å². The summed E-state index contributed by atoms with van der Waals surface area (Å²) < 4.78 is 11.2. The van der Waals surface area contributed by atoms with Crippen molar-refractivity contribution >= 4 is 11.6 Å². The molecule has 1 aromatic heterocycles. The van der Waals surface area contributed by atoms with Crippen molar-refractivity contribution in [3.8, 4) is 17.3 Å². The highest BCUT2D eigenvalue weighted by Gasteiger charge is 2.16. The Morgan fingerprint density at radius 1 is 1.25 bits per heavy atom. The van der Waals surface area contributed by atoms with Gasteiger partial charge in [-0.1, -0.05) is 41.9 Å². The molecule has 5 heteroatoms. The molecule has 3 rings (SSSR count). The van der Waals surface area contributed by atoms with Crippen molar-refractivity contribution in [2.75, 3.05) is 13.2 Å². The van der Waals surface area contributed by atoms with E-state index in [0.717, 1.165) is 25.0 Å². The van der Waals surface area contributed by atoms with Gasteiger partial charge < -0.3 is 9.47 Å². The number of nitrogens with zero attached hydrogens (tertiary/aromatic N) is 2. The predicted octanol–water partition coefficient (Wildman–Crippen LogP) is 3.35. The Morgan fingerprint density at radius 3 is 2.85 bits per heavy atom. The predicted molar refractivity (Wildman–Crippen MR) is 76.9 cm³/mol. The zero-order valence-electron chi connectivity index (χ0n) is 11.0. The molecule has 4 nitrogen and oxygen atoms in total. The van der Waals surface area contributed by atoms with Crippen molar-refractivity contribution in [1.82, 2.24) is 9.97 Å². The molecule has 1 aliphatic heterocycles. The molecule has 1 atom stereocenters. The summed E-state index contributed by atoms with van der Waals surface area (Å²) in [7, 11) is 0. The van der Waals surface area contributed by atoms with E-state index in [4.69, 9.17) is 21.1 Å². The second-order valence-corrected chi connectivity index (χ2v) is 5.05. The van der Waals surface area contributed by atoms with Gasteiger partial charge in [0, 0.05) is 18.2 Å². The Bertz CT molecular complexity index is 571. The van der Waals surface area contributed by atoms with Crippen molar-refractivity contribution < 1.29 is 9.47 Å². The molecular weight excluding hydrogens is 276 g/mol. The van der Waals surface area contributed by atoms with E-state index in [1.165, 1.54) is 0 Å². The molecule has 1 aliphatic rings. The molecule has 1 saturated heterocycles. The molecule has 0 bridgehead atoms. The first kappa shape index (κ1) is 13.3. The summed E-state index contributed by atoms with van der Waals surface area (Å²) in [5.41, 5.74) is 0.914. The summed E-state index contributed by atoms with van der Waals surface area (Å²) in [5, 5.41) is 0.376. The van der Waals surface area contributed by atoms with Crippen LogP contribution in [0.1, 0.15) is 12.8 Å². The van der Waals surface area contributed by atoms with Gasteiger partial charge in [0.15, 0.2) is 5.82 Å². The molecule has 0 aliphatic carbocycles. The normalized spacial score (nSPS) is 18.1. The number of halogens is 1. The van der Waals surface area contributed by atoms with E-state index >= 15 is 0 Å². The maximum absolute atomic E-state index is 6.03. The van der Waals surface area contributed by atoms with Gasteiger partial charge in [-0.3, -0.25) is 0 Å². The largest absolute Gasteiger partial charge is 0.475 e. The van der Waals surface area contributed by atoms with E-state index in [0.29, 0.717) is 23.5 Å². The van der Waals surface area contributed by atoms with Crippen LogP contribution in [-0.2, 0) is 4.74 Å². The minimum Gasteiger partial charge on any atom is -0.475 e. The SMILES string of the molecule is Clc1cc(OCC2CCCO2)nc(-c2ccccc2)n1. The van der Waals surface area contributed by atoms with Gasteiger partial charge in [-0.25, -0.2) is 4.98 Å². The maximum atomic E-state index is 6.03. The first-order valence-electron chi connectivity index (χ1n) is 6.66. The highest BCUT2D eigenvalue weighted by molar-refractivity contribution is 6.29. The van der Waals surface area contributed by atoms with Gasteiger partial charge in [-0.05, 0) is 12.8 Å². The second-order valence-electron chi connectivity index (χ2n) is 4.66. The monoisotopic (exact) mass is 290 g/mol. The molecule has 2 heterocycles. The van der Waals surface area contributed by atoms with Crippen molar-refractivity contribution in [2.24, 2.45) is 0 Å². The first-order chi connectivity index (χ1) is 9.81. The van der Waals surface area contributed by atoms with Crippen LogP contribution in [0.25, 0.3) is 11.4 Å². The number of hydrogen-bond donors (Lipinski definition) is 0. The lowest BCUT2D eigenvalue weighted by molar-refractivity contribution is 0.0663. The summed E-state index contributed by atoms with van der Waals surface area (Å²) in [5.74, 6) is 1.06. The van der Waals surface area contributed by atoms with Crippen molar-refractivity contribution in [1.29, 1.82) is 0 Å². The molecule has 1 aromatic carbocycles. The standard InChI is InChI=1S/C15H15ClN2O2/c16-13-9-14(20-10-12-7-4-8-19-12)18-15(17-13)11-5-2-1-3-6-11/h1-3,5-6,9,12H,4,7-8,10H2. The van der Waals surface area contributed by atoms with Gasteiger partial charge in [-0.15, -0.1) is 0 Å². The number of rotatable bonds is 4. The molecule has 20 heavy (non-hydrogen) atoms. The van der Waals surface area contributed by atoms with Gasteiger partial charge in [0.25, 0.3) is 0 Å². The Kier molecular flexibility index (Phi) is 4.14. The maximum Gasteiger partial charge on any atom is 0.218 e. The Hall–Kier alpha value is -1.65. The molecular formula is C15H15ClN2O2. The smallest absolute Gasteiger partial charge is 0.218 e. The molecule has 104 valence electrons. The zero-order valence-corrected chi connectivity index (χ0v) is 11.7. The molecule has 0 amide bonds. The summed E-state index contributed by atoms with van der Waals surface area (Å²) in [6, 6.07) is 11.3. The molecule has 1 unspecified atom stereocenters. The Balaban J connectivity index is 1.76. The molecule has 0 saturated carbocycles. The van der Waals surface area contributed by atoms with E-state index < -0.39 is 0 Å². The third-order valence-corrected chi connectivity index (χ3v) is 3.34. The van der Waals surface area contributed by atoms with Crippen LogP contribution in [0.3, 0.4) is 0 Å². The summed E-state index contributed by atoms with van der Waals surface area (Å²) >= 11 is 6.03. The van der Waals surface area contributed by atoms with Crippen LogP contribution in [0.5, 0.6) is 5.88 Å². The quantitative estimate of drug-likeness (QED) is 0.810. The van der Waals surface area contributed by atoms with Crippen molar-refractivity contribution in [3.63, 3.8) is 0 Å². The topological polar surface area (TPSA) is 44.2 Å². The van der Waals surface area contributed by atoms with Gasteiger partial charge in [0.05, 0.1) is 6.10 Å². The zero-order chi connectivity index (χ0) is 13.8. The minimum atomic E-state index is 0.156. The fourth-order valence-electron chi connectivity index (χ4n) is 2.14. The van der Waals surface area contributed by atoms with E-state index in [2.05, 4.69) is 9.97 Å². The molecule has 2 aromatic rings. The van der Waals surface area contributed by atoms with Crippen molar-refractivity contribution in [2.45, 2.75) is 18.9 Å². The average molecular weight is 291 g/mol. The number of ether oxygens (including phenoxy) is 2. The molecule has 1 fully saturated rings. The summed E-state index contributed by atoms with van der Waals surface area (Å²) in [4.78, 5) is 8.62. The lowest BCUT2D eigenvalue weighted by Gasteiger charge is -2.11. The first-order valence-corrected chi connectivity index (χ1v) is 7.03. The number of benzene rings is 1. The fourth-order valence-corrected chi connectivity index (χ4v) is 2.31. The third-order valence-electron chi connectivity index (χ3n) is 3.14. The van der Waals surface area contributed by atoms with Crippen LogP contribution in [0.4, 0.5) is 0 Å². The lowest BCUT2D eigenvalue weighted by atomic mass is 10.2. The van der Waals surface area contributed by atoms with Crippen LogP contribution < -0.4 is 4.74 Å². The van der Waals surface area contributed by atoms with Crippen LogP contribution in [0.2, 0.25) is 5.15 Å². The van der Waals surface area contributed by atoms with Gasteiger partial charge in [0.2, 0.25) is 5.88 Å². The van der Waals surface area contributed by atoms with Gasteiger partial charge in [-0.2, -0.15) is 4.98 Å². The second kappa shape index (κ2) is 6.20. The Morgan fingerprint density at radius 2 is 2.10 bits per heavy atom.